The first-order valence-corrected chi connectivity index (χ1v) is 11.1. The Morgan fingerprint density at radius 1 is 1.07 bits per heavy atom. The lowest BCUT2D eigenvalue weighted by Crippen LogP contribution is -3.15. The third kappa shape index (κ3) is 6.71. The fourth-order valence-electron chi connectivity index (χ4n) is 4.25. The molecule has 29 heavy (non-hydrogen) atoms. The Balaban J connectivity index is 1.58. The Hall–Kier alpha value is -1.59. The van der Waals surface area contributed by atoms with Crippen LogP contribution < -0.4 is 4.90 Å². The number of phenols is 1. The summed E-state index contributed by atoms with van der Waals surface area (Å²) in [6, 6.07) is 15.7. The summed E-state index contributed by atoms with van der Waals surface area (Å²) in [7, 11) is 0. The van der Waals surface area contributed by atoms with Crippen molar-refractivity contribution in [1.29, 1.82) is 0 Å². The summed E-state index contributed by atoms with van der Waals surface area (Å²) < 4.78 is 5.94. The number of aromatic hydroxyl groups is 1. The Labute approximate surface area is 179 Å². The zero-order valence-electron chi connectivity index (χ0n) is 17.2. The van der Waals surface area contributed by atoms with Gasteiger partial charge in [0, 0.05) is 10.6 Å². The van der Waals surface area contributed by atoms with Crippen LogP contribution in [0.1, 0.15) is 56.3 Å². The number of halogens is 1. The molecule has 3 atom stereocenters. The normalized spacial score (nSPS) is 18.3. The second-order valence-corrected chi connectivity index (χ2v) is 8.62. The first kappa shape index (κ1) is 22.1. The molecule has 0 saturated heterocycles. The van der Waals surface area contributed by atoms with E-state index in [9.17, 15) is 10.2 Å². The summed E-state index contributed by atoms with van der Waals surface area (Å²) in [5.74, 6) is 0.336. The van der Waals surface area contributed by atoms with E-state index in [-0.39, 0.29) is 6.10 Å². The lowest BCUT2D eigenvalue weighted by atomic mass is 9.93. The van der Waals surface area contributed by atoms with Crippen molar-refractivity contribution >= 4 is 11.6 Å². The van der Waals surface area contributed by atoms with Crippen molar-refractivity contribution in [2.45, 2.75) is 63.8 Å². The average molecular weight is 419 g/mol. The SMILES string of the molecule is C[C@H](OC[C@H](O)C[NH+](Cc1ccccc1O)C1CCCCC1)c1ccc(Cl)cc1. The lowest BCUT2D eigenvalue weighted by molar-refractivity contribution is -0.943. The molecule has 3 N–H and O–H groups in total. The number of phenolic OH excluding ortho intramolecular Hbond substituents is 1. The number of para-hydroxylation sites is 1. The first-order chi connectivity index (χ1) is 14.0. The molecule has 2 aromatic carbocycles. The van der Waals surface area contributed by atoms with Crippen LogP contribution in [0.4, 0.5) is 0 Å². The Morgan fingerprint density at radius 3 is 2.45 bits per heavy atom. The number of ether oxygens (including phenoxy) is 1. The number of aliphatic hydroxyl groups excluding tert-OH is 1. The maximum atomic E-state index is 10.7. The number of aliphatic hydroxyl groups is 1. The van der Waals surface area contributed by atoms with E-state index in [1.807, 2.05) is 49.4 Å². The maximum Gasteiger partial charge on any atom is 0.126 e. The van der Waals surface area contributed by atoms with Crippen molar-refractivity contribution in [1.82, 2.24) is 0 Å². The summed E-state index contributed by atoms with van der Waals surface area (Å²) in [4.78, 5) is 1.33. The zero-order valence-corrected chi connectivity index (χ0v) is 17.9. The van der Waals surface area contributed by atoms with E-state index >= 15 is 0 Å². The molecule has 0 bridgehead atoms. The summed E-state index contributed by atoms with van der Waals surface area (Å²) >= 11 is 5.95. The van der Waals surface area contributed by atoms with Crippen LogP contribution in [0.25, 0.3) is 0 Å². The van der Waals surface area contributed by atoms with E-state index in [0.717, 1.165) is 17.7 Å². The molecule has 0 amide bonds. The first-order valence-electron chi connectivity index (χ1n) is 10.7. The smallest absolute Gasteiger partial charge is 0.126 e. The van der Waals surface area contributed by atoms with Gasteiger partial charge in [0.25, 0.3) is 0 Å². The van der Waals surface area contributed by atoms with Crippen LogP contribution in [0.5, 0.6) is 5.75 Å². The highest BCUT2D eigenvalue weighted by Crippen LogP contribution is 2.20. The van der Waals surface area contributed by atoms with Crippen LogP contribution >= 0.6 is 11.6 Å². The minimum Gasteiger partial charge on any atom is -0.507 e. The lowest BCUT2D eigenvalue weighted by Gasteiger charge is -2.33. The molecular formula is C24H33ClNO3+. The molecule has 1 saturated carbocycles. The van der Waals surface area contributed by atoms with Gasteiger partial charge in [0.1, 0.15) is 24.9 Å². The molecule has 0 heterocycles. The van der Waals surface area contributed by atoms with E-state index in [4.69, 9.17) is 16.3 Å². The molecule has 1 unspecified atom stereocenters. The van der Waals surface area contributed by atoms with Crippen molar-refractivity contribution in [3.63, 3.8) is 0 Å². The van der Waals surface area contributed by atoms with Crippen LogP contribution in [-0.4, -0.2) is 35.5 Å². The molecule has 0 aromatic heterocycles. The van der Waals surface area contributed by atoms with Crippen LogP contribution in [0, 0.1) is 0 Å². The largest absolute Gasteiger partial charge is 0.507 e. The van der Waals surface area contributed by atoms with Gasteiger partial charge in [-0.05, 0) is 62.4 Å². The van der Waals surface area contributed by atoms with Gasteiger partial charge in [0.2, 0.25) is 0 Å². The minimum absolute atomic E-state index is 0.0989. The molecule has 1 aliphatic rings. The van der Waals surface area contributed by atoms with Gasteiger partial charge in [-0.15, -0.1) is 0 Å². The number of nitrogens with one attached hydrogen (secondary N) is 1. The predicted octanol–water partition coefficient (Wildman–Crippen LogP) is 3.90. The molecule has 3 rings (SSSR count). The summed E-state index contributed by atoms with van der Waals surface area (Å²) in [6.45, 7) is 3.62. The number of quaternary nitrogens is 1. The van der Waals surface area contributed by atoms with Crippen LogP contribution in [0.15, 0.2) is 48.5 Å². The monoisotopic (exact) mass is 418 g/mol. The topological polar surface area (TPSA) is 54.1 Å². The summed E-state index contributed by atoms with van der Waals surface area (Å²) in [5.41, 5.74) is 1.99. The minimum atomic E-state index is -0.549. The molecular weight excluding hydrogens is 386 g/mol. The number of benzene rings is 2. The third-order valence-electron chi connectivity index (χ3n) is 5.97. The van der Waals surface area contributed by atoms with Crippen LogP contribution in [0.2, 0.25) is 5.02 Å². The standard InChI is InChI=1S/C24H32ClNO3/c1-18(19-11-13-21(25)14-12-19)29-17-23(27)16-26(22-8-3-2-4-9-22)15-20-7-5-6-10-24(20)28/h5-7,10-14,18,22-23,27-28H,2-4,8-9,15-17H2,1H3/p+1/t18-,23+/m0/s1. The van der Waals surface area contributed by atoms with Gasteiger partial charge in [-0.25, -0.2) is 0 Å². The van der Waals surface area contributed by atoms with Crippen LogP contribution in [0.3, 0.4) is 0 Å². The molecule has 2 aromatic rings. The van der Waals surface area contributed by atoms with E-state index in [2.05, 4.69) is 0 Å². The van der Waals surface area contributed by atoms with Crippen molar-refractivity contribution in [2.75, 3.05) is 13.2 Å². The second kappa shape index (κ2) is 11.0. The van der Waals surface area contributed by atoms with Gasteiger partial charge in [-0.3, -0.25) is 0 Å². The van der Waals surface area contributed by atoms with Crippen molar-refractivity contribution in [2.24, 2.45) is 0 Å². The third-order valence-corrected chi connectivity index (χ3v) is 6.22. The maximum absolute atomic E-state index is 10.7. The van der Waals surface area contributed by atoms with Gasteiger partial charge in [-0.2, -0.15) is 0 Å². The Bertz CT molecular complexity index is 746. The number of rotatable bonds is 9. The van der Waals surface area contributed by atoms with Crippen molar-refractivity contribution in [3.05, 3.63) is 64.7 Å². The zero-order chi connectivity index (χ0) is 20.6. The van der Waals surface area contributed by atoms with E-state index in [1.165, 1.54) is 37.0 Å². The Morgan fingerprint density at radius 2 is 1.76 bits per heavy atom. The molecule has 0 aliphatic heterocycles. The van der Waals surface area contributed by atoms with Crippen LogP contribution in [-0.2, 0) is 11.3 Å². The average Bonchev–Trinajstić information content (AvgIpc) is 2.74. The summed E-state index contributed by atoms with van der Waals surface area (Å²) in [5, 5.41) is 21.6. The van der Waals surface area contributed by atoms with Gasteiger partial charge < -0.3 is 19.8 Å². The molecule has 0 radical (unpaired) electrons. The highest BCUT2D eigenvalue weighted by molar-refractivity contribution is 6.30. The molecule has 0 spiro atoms. The predicted molar refractivity (Wildman–Crippen MR) is 116 cm³/mol. The van der Waals surface area contributed by atoms with Gasteiger partial charge >= 0.3 is 0 Å². The van der Waals surface area contributed by atoms with E-state index < -0.39 is 6.10 Å². The molecule has 1 fully saturated rings. The Kier molecular flexibility index (Phi) is 8.37. The quantitative estimate of drug-likeness (QED) is 0.578. The van der Waals surface area contributed by atoms with Crippen molar-refractivity contribution < 1.29 is 19.8 Å². The molecule has 1 aliphatic carbocycles. The summed E-state index contributed by atoms with van der Waals surface area (Å²) in [6.07, 6.45) is 5.50. The fourth-order valence-corrected chi connectivity index (χ4v) is 4.37. The van der Waals surface area contributed by atoms with Crippen molar-refractivity contribution in [3.8, 4) is 5.75 Å². The van der Waals surface area contributed by atoms with Gasteiger partial charge in [0.05, 0.1) is 18.8 Å². The highest BCUT2D eigenvalue weighted by atomic mass is 35.5. The molecule has 4 nitrogen and oxygen atoms in total. The number of hydrogen-bond acceptors (Lipinski definition) is 3. The van der Waals surface area contributed by atoms with E-state index in [1.54, 1.807) is 6.07 Å². The second-order valence-electron chi connectivity index (χ2n) is 8.18. The fraction of sp³-hybridized carbons (Fsp3) is 0.500. The van der Waals surface area contributed by atoms with Gasteiger partial charge in [0.15, 0.2) is 0 Å². The van der Waals surface area contributed by atoms with Gasteiger partial charge in [-0.1, -0.05) is 42.3 Å². The number of hydrogen-bond donors (Lipinski definition) is 3. The van der Waals surface area contributed by atoms with E-state index in [0.29, 0.717) is 30.0 Å². The molecule has 158 valence electrons. The highest BCUT2D eigenvalue weighted by Gasteiger charge is 2.28. The molecule has 5 heteroatoms.